The van der Waals surface area contributed by atoms with Crippen molar-refractivity contribution in [1.82, 2.24) is 0 Å². The van der Waals surface area contributed by atoms with Crippen LogP contribution in [0.15, 0.2) is 24.3 Å². The zero-order valence-corrected chi connectivity index (χ0v) is 5.23. The fourth-order valence-corrected chi connectivity index (χ4v) is 1.53. The highest BCUT2D eigenvalue weighted by molar-refractivity contribution is 6.23. The van der Waals surface area contributed by atoms with Gasteiger partial charge in [0.15, 0.2) is 0 Å². The van der Waals surface area contributed by atoms with Crippen molar-refractivity contribution in [3.63, 3.8) is 0 Å². The van der Waals surface area contributed by atoms with Crippen molar-refractivity contribution < 1.29 is 0 Å². The van der Waals surface area contributed by atoms with Crippen LogP contribution in [0.2, 0.25) is 0 Å². The van der Waals surface area contributed by atoms with Crippen LogP contribution < -0.4 is 0 Å². The molecule has 0 radical (unpaired) electrons. The first-order chi connectivity index (χ1) is 3.83. The van der Waals surface area contributed by atoms with E-state index in [1.807, 2.05) is 0 Å². The van der Waals surface area contributed by atoms with Gasteiger partial charge in [0.05, 0.1) is 0 Å². The number of hydrogen-bond donors (Lipinski definition) is 0. The van der Waals surface area contributed by atoms with Gasteiger partial charge in [0.1, 0.15) is 0 Å². The van der Waals surface area contributed by atoms with Crippen LogP contribution in [0, 0.1) is 5.41 Å². The van der Waals surface area contributed by atoms with E-state index in [-0.39, 0.29) is 0 Å². The van der Waals surface area contributed by atoms with Crippen LogP contribution in [-0.2, 0) is 0 Å². The van der Waals surface area contributed by atoms with Crippen LogP contribution in [0.5, 0.6) is 0 Å². The minimum Gasteiger partial charge on any atom is -0.122 e. The van der Waals surface area contributed by atoms with Crippen molar-refractivity contribution in [1.29, 1.82) is 0 Å². The molecular weight excluding hydrogens is 120 g/mol. The number of alkyl halides is 1. The van der Waals surface area contributed by atoms with Gasteiger partial charge in [0.2, 0.25) is 0 Å². The molecule has 1 fully saturated rings. The molecule has 0 heterocycles. The van der Waals surface area contributed by atoms with Gasteiger partial charge in [-0.2, -0.15) is 0 Å². The highest BCUT2D eigenvalue weighted by Crippen LogP contribution is 2.54. The highest BCUT2D eigenvalue weighted by atomic mass is 35.5. The maximum absolute atomic E-state index is 5.85. The van der Waals surface area contributed by atoms with Crippen LogP contribution in [0.4, 0.5) is 0 Å². The van der Waals surface area contributed by atoms with E-state index in [1.165, 1.54) is 0 Å². The molecule has 0 aromatic rings. The zero-order valence-electron chi connectivity index (χ0n) is 4.47. The Morgan fingerprint density at radius 1 is 1.38 bits per heavy atom. The Labute approximate surface area is 53.8 Å². The molecule has 1 heteroatoms. The van der Waals surface area contributed by atoms with Crippen LogP contribution in [0.3, 0.4) is 0 Å². The molecule has 0 aliphatic heterocycles. The van der Waals surface area contributed by atoms with Gasteiger partial charge in [-0.15, -0.1) is 11.6 Å². The maximum atomic E-state index is 5.85. The summed E-state index contributed by atoms with van der Waals surface area (Å²) in [7, 11) is 0. The summed E-state index contributed by atoms with van der Waals surface area (Å²) >= 11 is 5.85. The van der Waals surface area contributed by atoms with Gasteiger partial charge in [0, 0.05) is 10.8 Å². The lowest BCUT2D eigenvalue weighted by molar-refractivity contribution is 0.877. The predicted molar refractivity (Wildman–Crippen MR) is 35.0 cm³/mol. The standard InChI is InChI=1S/C7H7Cl/c8-6-5-7(6)3-1-2-4-7/h1-4,6H,5H2. The van der Waals surface area contributed by atoms with Gasteiger partial charge in [-0.25, -0.2) is 0 Å². The first kappa shape index (κ1) is 4.63. The van der Waals surface area contributed by atoms with Gasteiger partial charge in [-0.3, -0.25) is 0 Å². The molecule has 0 aromatic carbocycles. The third kappa shape index (κ3) is 0.416. The molecule has 2 rings (SSSR count). The van der Waals surface area contributed by atoms with E-state index in [0.29, 0.717) is 10.8 Å². The van der Waals surface area contributed by atoms with E-state index >= 15 is 0 Å². The molecule has 1 unspecified atom stereocenters. The summed E-state index contributed by atoms with van der Waals surface area (Å²) in [5, 5.41) is 0.387. The second-order valence-electron chi connectivity index (χ2n) is 2.50. The summed E-state index contributed by atoms with van der Waals surface area (Å²) in [6.45, 7) is 0. The first-order valence-corrected chi connectivity index (χ1v) is 3.28. The van der Waals surface area contributed by atoms with E-state index in [9.17, 15) is 0 Å². The highest BCUT2D eigenvalue weighted by Gasteiger charge is 2.49. The average molecular weight is 127 g/mol. The van der Waals surface area contributed by atoms with Crippen molar-refractivity contribution >= 4 is 11.6 Å². The lowest BCUT2D eigenvalue weighted by Crippen LogP contribution is -1.88. The molecule has 0 saturated heterocycles. The lowest BCUT2D eigenvalue weighted by atomic mass is 10.1. The van der Waals surface area contributed by atoms with Gasteiger partial charge < -0.3 is 0 Å². The lowest BCUT2D eigenvalue weighted by Gasteiger charge is -1.93. The molecule has 0 aromatic heterocycles. The van der Waals surface area contributed by atoms with Crippen LogP contribution in [0.1, 0.15) is 6.42 Å². The zero-order chi connectivity index (χ0) is 5.61. The van der Waals surface area contributed by atoms with Crippen molar-refractivity contribution in [3.8, 4) is 0 Å². The molecule has 2 aliphatic rings. The molecule has 2 aliphatic carbocycles. The smallest absolute Gasteiger partial charge is 0.0474 e. The number of rotatable bonds is 0. The number of hydrogen-bond acceptors (Lipinski definition) is 0. The quantitative estimate of drug-likeness (QED) is 0.436. The third-order valence-electron chi connectivity index (χ3n) is 1.88. The maximum Gasteiger partial charge on any atom is 0.0474 e. The number of allylic oxidation sites excluding steroid dienone is 4. The molecule has 1 saturated carbocycles. The molecule has 0 bridgehead atoms. The Bertz CT molecular complexity index is 155. The number of halogens is 1. The fourth-order valence-electron chi connectivity index (χ4n) is 1.12. The van der Waals surface area contributed by atoms with Crippen LogP contribution >= 0.6 is 11.6 Å². The minimum absolute atomic E-state index is 0.307. The SMILES string of the molecule is ClC1CC12C=CC=C2. The Kier molecular flexibility index (Phi) is 0.688. The average Bonchev–Trinajstić information content (AvgIpc) is 2.29. The monoisotopic (exact) mass is 126 g/mol. The largest absolute Gasteiger partial charge is 0.122 e. The van der Waals surface area contributed by atoms with Crippen LogP contribution in [-0.4, -0.2) is 5.38 Å². The summed E-state index contributed by atoms with van der Waals surface area (Å²) in [6, 6.07) is 0. The molecule has 1 spiro atoms. The summed E-state index contributed by atoms with van der Waals surface area (Å²) in [4.78, 5) is 0. The fraction of sp³-hybridized carbons (Fsp3) is 0.429. The molecule has 0 amide bonds. The summed E-state index contributed by atoms with van der Waals surface area (Å²) in [5.74, 6) is 0. The van der Waals surface area contributed by atoms with Crippen LogP contribution in [0.25, 0.3) is 0 Å². The molecule has 0 N–H and O–H groups in total. The van der Waals surface area contributed by atoms with Crippen molar-refractivity contribution in [2.24, 2.45) is 5.41 Å². The van der Waals surface area contributed by atoms with Crippen molar-refractivity contribution in [2.45, 2.75) is 11.8 Å². The van der Waals surface area contributed by atoms with E-state index in [4.69, 9.17) is 11.6 Å². The second-order valence-corrected chi connectivity index (χ2v) is 3.03. The Morgan fingerprint density at radius 2 is 1.88 bits per heavy atom. The van der Waals surface area contributed by atoms with Gasteiger partial charge in [-0.1, -0.05) is 24.3 Å². The predicted octanol–water partition coefficient (Wildman–Crippen LogP) is 2.11. The summed E-state index contributed by atoms with van der Waals surface area (Å²) in [6.07, 6.45) is 9.65. The minimum atomic E-state index is 0.307. The summed E-state index contributed by atoms with van der Waals surface area (Å²) in [5.41, 5.74) is 0.307. The second kappa shape index (κ2) is 1.19. The first-order valence-electron chi connectivity index (χ1n) is 2.85. The van der Waals surface area contributed by atoms with E-state index in [0.717, 1.165) is 6.42 Å². The van der Waals surface area contributed by atoms with E-state index < -0.39 is 0 Å². The van der Waals surface area contributed by atoms with Crippen molar-refractivity contribution in [2.75, 3.05) is 0 Å². The molecule has 42 valence electrons. The molecule has 1 atom stereocenters. The van der Waals surface area contributed by atoms with Crippen molar-refractivity contribution in [3.05, 3.63) is 24.3 Å². The third-order valence-corrected chi connectivity index (χ3v) is 2.44. The Balaban J connectivity index is 2.30. The van der Waals surface area contributed by atoms with E-state index in [2.05, 4.69) is 24.3 Å². The normalized spacial score (nSPS) is 36.9. The van der Waals surface area contributed by atoms with Gasteiger partial charge >= 0.3 is 0 Å². The molecular formula is C7H7Cl. The summed E-state index contributed by atoms with van der Waals surface area (Å²) < 4.78 is 0. The molecule has 0 nitrogen and oxygen atoms in total. The molecule has 8 heavy (non-hydrogen) atoms. The van der Waals surface area contributed by atoms with E-state index in [1.54, 1.807) is 0 Å². The van der Waals surface area contributed by atoms with Gasteiger partial charge in [0.25, 0.3) is 0 Å². The topological polar surface area (TPSA) is 0 Å². The Morgan fingerprint density at radius 3 is 2.12 bits per heavy atom. The Hall–Kier alpha value is -0.230. The van der Waals surface area contributed by atoms with Gasteiger partial charge in [-0.05, 0) is 6.42 Å².